The van der Waals surface area contributed by atoms with Crippen LogP contribution in [0.2, 0.25) is 0 Å². The van der Waals surface area contributed by atoms with Crippen LogP contribution in [0.4, 0.5) is 0 Å². The van der Waals surface area contributed by atoms with Gasteiger partial charge in [0.25, 0.3) is 0 Å². The van der Waals surface area contributed by atoms with Crippen molar-refractivity contribution in [2.24, 2.45) is 21.9 Å². The van der Waals surface area contributed by atoms with Crippen LogP contribution in [0, 0.1) is 16.7 Å². The molecule has 0 radical (unpaired) electrons. The first-order chi connectivity index (χ1) is 7.01. The molecule has 15 heavy (non-hydrogen) atoms. The molecule has 2 bridgehead atoms. The zero-order valence-electron chi connectivity index (χ0n) is 10.0. The normalized spacial score (nSPS) is 39.7. The van der Waals surface area contributed by atoms with E-state index >= 15 is 0 Å². The highest BCUT2D eigenvalue weighted by molar-refractivity contribution is 5.91. The van der Waals surface area contributed by atoms with Crippen molar-refractivity contribution in [2.45, 2.75) is 40.0 Å². The summed E-state index contributed by atoms with van der Waals surface area (Å²) in [6.45, 7) is 11.3. The molecule has 2 rings (SSSR count). The van der Waals surface area contributed by atoms with Crippen LogP contribution >= 0.6 is 0 Å². The summed E-state index contributed by atoms with van der Waals surface area (Å²) in [6.07, 6.45) is 5.47. The summed E-state index contributed by atoms with van der Waals surface area (Å²) in [5.41, 5.74) is 2.10. The van der Waals surface area contributed by atoms with Crippen molar-refractivity contribution in [2.75, 3.05) is 6.61 Å². The van der Waals surface area contributed by atoms with Crippen LogP contribution < -0.4 is 0 Å². The van der Waals surface area contributed by atoms with Gasteiger partial charge in [0.2, 0.25) is 0 Å². The second-order valence-corrected chi connectivity index (χ2v) is 5.72. The summed E-state index contributed by atoms with van der Waals surface area (Å²) in [7, 11) is 0. The molecule has 2 unspecified atom stereocenters. The molecule has 84 valence electrons. The highest BCUT2D eigenvalue weighted by Crippen LogP contribution is 2.64. The van der Waals surface area contributed by atoms with Crippen LogP contribution in [-0.4, -0.2) is 12.3 Å². The van der Waals surface area contributed by atoms with Crippen LogP contribution in [0.1, 0.15) is 40.0 Å². The molecule has 0 amide bonds. The van der Waals surface area contributed by atoms with E-state index in [1.807, 2.05) is 0 Å². The standard InChI is InChI=1S/C13H21NO/c1-5-8-15-14-11-9-13(4)7-6-10(11)12(13,2)3/h5,10H,1,6-9H2,2-4H3/b14-11+. The van der Waals surface area contributed by atoms with E-state index in [4.69, 9.17) is 4.84 Å². The predicted molar refractivity (Wildman–Crippen MR) is 62.8 cm³/mol. The number of oxime groups is 1. The first kappa shape index (κ1) is 10.7. The number of hydrogen-bond acceptors (Lipinski definition) is 2. The molecule has 2 aliphatic rings. The van der Waals surface area contributed by atoms with E-state index in [9.17, 15) is 0 Å². The van der Waals surface area contributed by atoms with Gasteiger partial charge < -0.3 is 4.84 Å². The van der Waals surface area contributed by atoms with Gasteiger partial charge in [-0.15, -0.1) is 0 Å². The van der Waals surface area contributed by atoms with Crippen molar-refractivity contribution >= 4 is 5.71 Å². The maximum Gasteiger partial charge on any atom is 0.135 e. The lowest BCUT2D eigenvalue weighted by molar-refractivity contribution is 0.152. The molecule has 0 spiro atoms. The zero-order valence-corrected chi connectivity index (χ0v) is 10.0. The summed E-state index contributed by atoms with van der Waals surface area (Å²) >= 11 is 0. The molecular weight excluding hydrogens is 186 g/mol. The van der Waals surface area contributed by atoms with Crippen molar-refractivity contribution in [1.29, 1.82) is 0 Å². The minimum atomic E-state index is 0.392. The van der Waals surface area contributed by atoms with Gasteiger partial charge in [0.15, 0.2) is 0 Å². The molecule has 0 aromatic rings. The number of fused-ring (bicyclic) bond motifs is 2. The van der Waals surface area contributed by atoms with Crippen LogP contribution in [-0.2, 0) is 4.84 Å². The minimum Gasteiger partial charge on any atom is -0.392 e. The molecule has 2 nitrogen and oxygen atoms in total. The van der Waals surface area contributed by atoms with E-state index in [0.717, 1.165) is 6.42 Å². The number of hydrogen-bond donors (Lipinski definition) is 0. The van der Waals surface area contributed by atoms with Crippen LogP contribution in [0.15, 0.2) is 17.8 Å². The summed E-state index contributed by atoms with van der Waals surface area (Å²) in [6, 6.07) is 0. The van der Waals surface area contributed by atoms with Crippen molar-refractivity contribution < 1.29 is 4.84 Å². The molecule has 2 heteroatoms. The Morgan fingerprint density at radius 3 is 2.73 bits per heavy atom. The third-order valence-electron chi connectivity index (χ3n) is 4.76. The fraction of sp³-hybridized carbons (Fsp3) is 0.769. The highest BCUT2D eigenvalue weighted by Gasteiger charge is 2.59. The molecule has 0 saturated heterocycles. The van der Waals surface area contributed by atoms with Gasteiger partial charge in [0.05, 0.1) is 5.71 Å². The van der Waals surface area contributed by atoms with Crippen LogP contribution in [0.25, 0.3) is 0 Å². The number of rotatable bonds is 3. The fourth-order valence-corrected chi connectivity index (χ4v) is 3.26. The third kappa shape index (κ3) is 1.42. The van der Waals surface area contributed by atoms with E-state index in [-0.39, 0.29) is 0 Å². The van der Waals surface area contributed by atoms with E-state index in [2.05, 4.69) is 32.5 Å². The summed E-state index contributed by atoms with van der Waals surface area (Å²) in [4.78, 5) is 5.23. The van der Waals surface area contributed by atoms with Gasteiger partial charge in [-0.1, -0.05) is 38.6 Å². The van der Waals surface area contributed by atoms with Crippen LogP contribution in [0.3, 0.4) is 0 Å². The van der Waals surface area contributed by atoms with E-state index < -0.39 is 0 Å². The van der Waals surface area contributed by atoms with Gasteiger partial charge in [-0.3, -0.25) is 0 Å². The van der Waals surface area contributed by atoms with Gasteiger partial charge in [0.1, 0.15) is 6.61 Å². The fourth-order valence-electron chi connectivity index (χ4n) is 3.26. The van der Waals surface area contributed by atoms with Gasteiger partial charge in [-0.05, 0) is 30.1 Å². The van der Waals surface area contributed by atoms with E-state index in [1.165, 1.54) is 18.6 Å². The van der Waals surface area contributed by atoms with Crippen molar-refractivity contribution in [3.63, 3.8) is 0 Å². The van der Waals surface area contributed by atoms with Crippen molar-refractivity contribution in [3.05, 3.63) is 12.7 Å². The van der Waals surface area contributed by atoms with Gasteiger partial charge >= 0.3 is 0 Å². The molecule has 2 aliphatic carbocycles. The Hall–Kier alpha value is -0.790. The van der Waals surface area contributed by atoms with Gasteiger partial charge in [-0.2, -0.15) is 0 Å². The topological polar surface area (TPSA) is 21.6 Å². The average Bonchev–Trinajstić information content (AvgIpc) is 2.49. The van der Waals surface area contributed by atoms with Gasteiger partial charge in [-0.25, -0.2) is 0 Å². The molecule has 0 aromatic heterocycles. The molecule has 0 aliphatic heterocycles. The third-order valence-corrected chi connectivity index (χ3v) is 4.76. The molecule has 2 atom stereocenters. The van der Waals surface area contributed by atoms with E-state index in [1.54, 1.807) is 6.08 Å². The molecule has 0 N–H and O–H groups in total. The quantitative estimate of drug-likeness (QED) is 0.395. The first-order valence-electron chi connectivity index (χ1n) is 5.81. The molecular formula is C13H21NO. The maximum atomic E-state index is 5.23. The zero-order chi connectivity index (χ0) is 11.1. The van der Waals surface area contributed by atoms with Crippen molar-refractivity contribution in [1.82, 2.24) is 0 Å². The van der Waals surface area contributed by atoms with Crippen LogP contribution in [0.5, 0.6) is 0 Å². The Labute approximate surface area is 92.4 Å². The Bertz CT molecular complexity index is 303. The minimum absolute atomic E-state index is 0.392. The van der Waals surface area contributed by atoms with Gasteiger partial charge in [0, 0.05) is 5.92 Å². The Kier molecular flexibility index (Phi) is 2.40. The molecule has 0 aromatic carbocycles. The maximum absolute atomic E-state index is 5.23. The highest BCUT2D eigenvalue weighted by atomic mass is 16.6. The second kappa shape index (κ2) is 3.36. The van der Waals surface area contributed by atoms with E-state index in [0.29, 0.717) is 23.4 Å². The average molecular weight is 207 g/mol. The predicted octanol–water partition coefficient (Wildman–Crippen LogP) is 3.39. The number of nitrogens with zero attached hydrogens (tertiary/aromatic N) is 1. The molecule has 2 saturated carbocycles. The van der Waals surface area contributed by atoms with Crippen molar-refractivity contribution in [3.8, 4) is 0 Å². The Balaban J connectivity index is 2.15. The SMILES string of the molecule is C=CCO/N=C1\CC2(C)CCC1C2(C)C. The Morgan fingerprint density at radius 2 is 2.27 bits per heavy atom. The summed E-state index contributed by atoms with van der Waals surface area (Å²) in [5, 5.41) is 4.28. The lowest BCUT2D eigenvalue weighted by Crippen LogP contribution is -2.26. The monoisotopic (exact) mass is 207 g/mol. The molecule has 2 fully saturated rings. The second-order valence-electron chi connectivity index (χ2n) is 5.72. The summed E-state index contributed by atoms with van der Waals surface area (Å²) < 4.78 is 0. The smallest absolute Gasteiger partial charge is 0.135 e. The summed E-state index contributed by atoms with van der Waals surface area (Å²) in [5.74, 6) is 0.632. The first-order valence-corrected chi connectivity index (χ1v) is 5.81. The molecule has 0 heterocycles. The Morgan fingerprint density at radius 1 is 1.53 bits per heavy atom. The lowest BCUT2D eigenvalue weighted by Gasteiger charge is -2.33. The lowest BCUT2D eigenvalue weighted by atomic mass is 9.71. The largest absolute Gasteiger partial charge is 0.392 e.